The zero-order valence-electron chi connectivity index (χ0n) is 9.84. The van der Waals surface area contributed by atoms with E-state index in [0.29, 0.717) is 17.8 Å². The maximum atomic E-state index is 13.5. The fraction of sp³-hybridized carbons (Fsp3) is 0.182. The molecular formula is C11H9F2N3O3. The standard InChI is InChI=1S/C11H9F2N3O3/c1-15-3-2-7(14-15)6-19-11-5-8(12)10(16(17)18)4-9(11)13/h2-5H,6H2,1H3. The van der Waals surface area contributed by atoms with Crippen molar-refractivity contribution < 1.29 is 18.4 Å². The minimum Gasteiger partial charge on any atom is -0.484 e. The molecule has 0 N–H and O–H groups in total. The van der Waals surface area contributed by atoms with Gasteiger partial charge in [0.2, 0.25) is 5.82 Å². The molecule has 0 spiro atoms. The van der Waals surface area contributed by atoms with Gasteiger partial charge in [0.15, 0.2) is 11.6 Å². The zero-order valence-corrected chi connectivity index (χ0v) is 9.84. The number of halogens is 2. The normalized spacial score (nSPS) is 10.5. The Hall–Kier alpha value is -2.51. The first-order chi connectivity index (χ1) is 8.97. The Balaban J connectivity index is 2.17. The molecule has 19 heavy (non-hydrogen) atoms. The fourth-order valence-corrected chi connectivity index (χ4v) is 1.46. The van der Waals surface area contributed by atoms with Crippen molar-refractivity contribution in [3.05, 3.63) is 51.8 Å². The first-order valence-corrected chi connectivity index (χ1v) is 5.22. The molecule has 100 valence electrons. The van der Waals surface area contributed by atoms with Crippen LogP contribution in [0.5, 0.6) is 5.75 Å². The number of rotatable bonds is 4. The van der Waals surface area contributed by atoms with Crippen molar-refractivity contribution in [2.45, 2.75) is 6.61 Å². The van der Waals surface area contributed by atoms with Crippen molar-refractivity contribution in [1.29, 1.82) is 0 Å². The van der Waals surface area contributed by atoms with Crippen molar-refractivity contribution in [3.8, 4) is 5.75 Å². The monoisotopic (exact) mass is 269 g/mol. The second-order valence-electron chi connectivity index (χ2n) is 3.76. The number of aryl methyl sites for hydroxylation is 1. The molecular weight excluding hydrogens is 260 g/mol. The third-order valence-corrected chi connectivity index (χ3v) is 2.34. The highest BCUT2D eigenvalue weighted by atomic mass is 19.1. The summed E-state index contributed by atoms with van der Waals surface area (Å²) in [7, 11) is 1.70. The van der Waals surface area contributed by atoms with Crippen molar-refractivity contribution in [1.82, 2.24) is 9.78 Å². The molecule has 6 nitrogen and oxygen atoms in total. The van der Waals surface area contributed by atoms with Crippen LogP contribution in [0.3, 0.4) is 0 Å². The maximum Gasteiger partial charge on any atom is 0.307 e. The number of nitrogens with zero attached hydrogens (tertiary/aromatic N) is 3. The predicted octanol–water partition coefficient (Wildman–Crippen LogP) is 2.19. The summed E-state index contributed by atoms with van der Waals surface area (Å²) in [6.07, 6.45) is 1.67. The number of aromatic nitrogens is 2. The van der Waals surface area contributed by atoms with Crippen LogP contribution < -0.4 is 4.74 Å². The lowest BCUT2D eigenvalue weighted by molar-refractivity contribution is -0.387. The average Bonchev–Trinajstić information content (AvgIpc) is 2.75. The van der Waals surface area contributed by atoms with Crippen molar-refractivity contribution in [3.63, 3.8) is 0 Å². The van der Waals surface area contributed by atoms with Gasteiger partial charge in [-0.3, -0.25) is 14.8 Å². The lowest BCUT2D eigenvalue weighted by atomic mass is 10.3. The molecule has 8 heteroatoms. The number of nitro groups is 1. The number of ether oxygens (including phenoxy) is 1. The van der Waals surface area contributed by atoms with Gasteiger partial charge in [-0.05, 0) is 6.07 Å². The topological polar surface area (TPSA) is 70.2 Å². The Morgan fingerprint density at radius 1 is 1.42 bits per heavy atom. The van der Waals surface area contributed by atoms with Crippen molar-refractivity contribution in [2.75, 3.05) is 0 Å². The largest absolute Gasteiger partial charge is 0.484 e. The summed E-state index contributed by atoms with van der Waals surface area (Å²) in [4.78, 5) is 9.41. The van der Waals surface area contributed by atoms with Crippen LogP contribution in [0.1, 0.15) is 5.69 Å². The highest BCUT2D eigenvalue weighted by Crippen LogP contribution is 2.26. The molecule has 2 aromatic rings. The predicted molar refractivity (Wildman–Crippen MR) is 60.6 cm³/mol. The van der Waals surface area contributed by atoms with Crippen molar-refractivity contribution >= 4 is 5.69 Å². The number of hydrogen-bond acceptors (Lipinski definition) is 4. The second kappa shape index (κ2) is 5.01. The van der Waals surface area contributed by atoms with Gasteiger partial charge in [-0.15, -0.1) is 0 Å². The first-order valence-electron chi connectivity index (χ1n) is 5.22. The van der Waals surface area contributed by atoms with E-state index in [1.807, 2.05) is 0 Å². The Labute approximate surface area is 106 Å². The molecule has 1 aromatic carbocycles. The lowest BCUT2D eigenvalue weighted by Gasteiger charge is -2.05. The van der Waals surface area contributed by atoms with Crippen LogP contribution in [-0.4, -0.2) is 14.7 Å². The average molecular weight is 269 g/mol. The van der Waals surface area contributed by atoms with Gasteiger partial charge >= 0.3 is 5.69 Å². The molecule has 0 amide bonds. The zero-order chi connectivity index (χ0) is 14.0. The lowest BCUT2D eigenvalue weighted by Crippen LogP contribution is -2.01. The van der Waals surface area contributed by atoms with E-state index in [1.54, 1.807) is 19.3 Å². The van der Waals surface area contributed by atoms with E-state index in [-0.39, 0.29) is 6.61 Å². The van der Waals surface area contributed by atoms with Crippen LogP contribution in [0, 0.1) is 21.7 Å². The fourth-order valence-electron chi connectivity index (χ4n) is 1.46. The molecule has 0 unspecified atom stereocenters. The van der Waals surface area contributed by atoms with Crippen LogP contribution in [0.4, 0.5) is 14.5 Å². The van der Waals surface area contributed by atoms with E-state index in [2.05, 4.69) is 5.10 Å². The smallest absolute Gasteiger partial charge is 0.307 e. The molecule has 0 aliphatic carbocycles. The van der Waals surface area contributed by atoms with Gasteiger partial charge < -0.3 is 4.74 Å². The summed E-state index contributed by atoms with van der Waals surface area (Å²) < 4.78 is 33.4. The van der Waals surface area contributed by atoms with E-state index in [4.69, 9.17) is 4.74 Å². The van der Waals surface area contributed by atoms with Gasteiger partial charge in [0, 0.05) is 19.3 Å². The maximum absolute atomic E-state index is 13.5. The van der Waals surface area contributed by atoms with E-state index >= 15 is 0 Å². The van der Waals surface area contributed by atoms with E-state index in [9.17, 15) is 18.9 Å². The summed E-state index contributed by atoms with van der Waals surface area (Å²) in [6.45, 7) is -0.0605. The van der Waals surface area contributed by atoms with Gasteiger partial charge in [-0.1, -0.05) is 0 Å². The summed E-state index contributed by atoms with van der Waals surface area (Å²) in [6, 6.07) is 2.79. The van der Waals surface area contributed by atoms with Gasteiger partial charge in [0.05, 0.1) is 16.7 Å². The molecule has 0 bridgehead atoms. The van der Waals surface area contributed by atoms with Crippen LogP contribution in [-0.2, 0) is 13.7 Å². The first kappa shape index (κ1) is 12.9. The molecule has 0 saturated heterocycles. The highest BCUT2D eigenvalue weighted by Gasteiger charge is 2.19. The second-order valence-corrected chi connectivity index (χ2v) is 3.76. The van der Waals surface area contributed by atoms with Crippen LogP contribution >= 0.6 is 0 Å². The third-order valence-electron chi connectivity index (χ3n) is 2.34. The van der Waals surface area contributed by atoms with Gasteiger partial charge in [0.25, 0.3) is 0 Å². The molecule has 1 heterocycles. The summed E-state index contributed by atoms with van der Waals surface area (Å²) in [5.41, 5.74) is -0.400. The molecule has 2 rings (SSSR count). The molecule has 0 aliphatic heterocycles. The minimum atomic E-state index is -1.15. The summed E-state index contributed by atoms with van der Waals surface area (Å²) >= 11 is 0. The summed E-state index contributed by atoms with van der Waals surface area (Å²) in [5, 5.41) is 14.4. The number of benzene rings is 1. The Morgan fingerprint density at radius 2 is 2.16 bits per heavy atom. The molecule has 0 radical (unpaired) electrons. The number of nitro benzene ring substituents is 1. The Kier molecular flexibility index (Phi) is 3.41. The van der Waals surface area contributed by atoms with E-state index in [0.717, 1.165) is 0 Å². The third kappa shape index (κ3) is 2.84. The van der Waals surface area contributed by atoms with Gasteiger partial charge in [0.1, 0.15) is 6.61 Å². The molecule has 0 atom stereocenters. The number of hydrogen-bond donors (Lipinski definition) is 0. The Bertz CT molecular complexity index is 628. The molecule has 0 fully saturated rings. The van der Waals surface area contributed by atoms with Gasteiger partial charge in [-0.25, -0.2) is 4.39 Å². The van der Waals surface area contributed by atoms with Crippen LogP contribution in [0.15, 0.2) is 24.4 Å². The molecule has 0 saturated carbocycles. The summed E-state index contributed by atoms with van der Waals surface area (Å²) in [5.74, 6) is -2.54. The van der Waals surface area contributed by atoms with E-state index in [1.165, 1.54) is 4.68 Å². The Morgan fingerprint density at radius 3 is 2.74 bits per heavy atom. The minimum absolute atomic E-state index is 0.0605. The SMILES string of the molecule is Cn1ccc(COc2cc(F)c([N+](=O)[O-])cc2F)n1. The van der Waals surface area contributed by atoms with Crippen LogP contribution in [0.25, 0.3) is 0 Å². The quantitative estimate of drug-likeness (QED) is 0.630. The van der Waals surface area contributed by atoms with Crippen molar-refractivity contribution in [2.24, 2.45) is 7.05 Å². The molecule has 0 aliphatic rings. The molecule has 1 aromatic heterocycles. The van der Waals surface area contributed by atoms with E-state index < -0.39 is 28.0 Å². The van der Waals surface area contributed by atoms with Crippen LogP contribution in [0.2, 0.25) is 0 Å². The highest BCUT2D eigenvalue weighted by molar-refractivity contribution is 5.39. The van der Waals surface area contributed by atoms with Gasteiger partial charge in [-0.2, -0.15) is 9.49 Å².